The van der Waals surface area contributed by atoms with Gasteiger partial charge in [-0.05, 0) is 32.9 Å². The van der Waals surface area contributed by atoms with Gasteiger partial charge in [0.25, 0.3) is 11.8 Å². The van der Waals surface area contributed by atoms with Crippen molar-refractivity contribution >= 4 is 41.2 Å². The zero-order valence-corrected chi connectivity index (χ0v) is 18.7. The summed E-state index contributed by atoms with van der Waals surface area (Å²) < 4.78 is 15.5. The van der Waals surface area contributed by atoms with Crippen molar-refractivity contribution in [2.45, 2.75) is 44.7 Å². The predicted octanol–water partition coefficient (Wildman–Crippen LogP) is 1.02. The first-order valence-electron chi connectivity index (χ1n) is 9.63. The largest absolute Gasteiger partial charge is 0.462 e. The second-order valence-corrected chi connectivity index (χ2v) is 9.13. The van der Waals surface area contributed by atoms with E-state index in [2.05, 4.69) is 10.5 Å². The molecule has 0 unspecified atom stereocenters. The fourth-order valence-electron chi connectivity index (χ4n) is 3.13. The Morgan fingerprint density at radius 1 is 1.38 bits per heavy atom. The van der Waals surface area contributed by atoms with Crippen LogP contribution in [0.1, 0.15) is 33.5 Å². The van der Waals surface area contributed by atoms with Gasteiger partial charge in [-0.25, -0.2) is 4.79 Å². The van der Waals surface area contributed by atoms with Crippen LogP contribution in [0.4, 0.5) is 0 Å². The van der Waals surface area contributed by atoms with Crippen LogP contribution in [-0.2, 0) is 28.7 Å². The highest BCUT2D eigenvalue weighted by atomic mass is 32.2. The molecule has 0 aliphatic carbocycles. The second-order valence-electron chi connectivity index (χ2n) is 8.02. The number of thioether (sulfide) groups is 1. The minimum Gasteiger partial charge on any atom is -0.462 e. The van der Waals surface area contributed by atoms with Gasteiger partial charge >= 0.3 is 11.9 Å². The van der Waals surface area contributed by atoms with Gasteiger partial charge in [-0.1, -0.05) is 5.16 Å². The number of carbonyl (C=O) groups is 4. The molecule has 3 heterocycles. The monoisotopic (exact) mass is 465 g/mol. The highest BCUT2D eigenvalue weighted by Gasteiger charge is 2.55. The van der Waals surface area contributed by atoms with Crippen molar-refractivity contribution in [3.63, 3.8) is 0 Å². The predicted molar refractivity (Wildman–Crippen MR) is 112 cm³/mol. The van der Waals surface area contributed by atoms with Gasteiger partial charge in [0.05, 0.1) is 6.26 Å². The molecule has 1 aromatic rings. The lowest BCUT2D eigenvalue weighted by atomic mass is 10.0. The van der Waals surface area contributed by atoms with Gasteiger partial charge in [-0.3, -0.25) is 19.3 Å². The minimum atomic E-state index is -0.966. The van der Waals surface area contributed by atoms with Gasteiger partial charge in [0, 0.05) is 18.2 Å². The molecule has 2 amide bonds. The first-order valence-corrected chi connectivity index (χ1v) is 10.7. The van der Waals surface area contributed by atoms with Gasteiger partial charge in [-0.2, -0.15) is 0 Å². The summed E-state index contributed by atoms with van der Waals surface area (Å²) >= 11 is 1.29. The molecule has 11 nitrogen and oxygen atoms in total. The van der Waals surface area contributed by atoms with Crippen LogP contribution >= 0.6 is 11.8 Å². The Morgan fingerprint density at radius 3 is 2.66 bits per heavy atom. The number of β-lactam (4-membered cyclic amide) rings is 1. The summed E-state index contributed by atoms with van der Waals surface area (Å²) in [7, 11) is 0. The number of nitrogens with zero attached hydrogens (tertiary/aromatic N) is 2. The molecule has 0 radical (unpaired) electrons. The number of fused-ring (bicyclic) bond motifs is 1. The Bertz CT molecular complexity index is 993. The van der Waals surface area contributed by atoms with Gasteiger partial charge in [-0.15, -0.1) is 11.8 Å². The molecule has 0 saturated carbocycles. The Morgan fingerprint density at radius 2 is 2.09 bits per heavy atom. The molecule has 12 heteroatoms. The molecule has 3 rings (SSSR count). The highest BCUT2D eigenvalue weighted by molar-refractivity contribution is 8.00. The van der Waals surface area contributed by atoms with E-state index in [1.165, 1.54) is 42.0 Å². The van der Waals surface area contributed by atoms with Crippen LogP contribution in [0, 0.1) is 0 Å². The average Bonchev–Trinajstić information content (AvgIpc) is 3.23. The SMILES string of the molecule is CC(=O)OCC1=C(C(=O)OC(C)(C)C)N2C(=O)[C@@H](NC(=O)C(=NO)c3ccco3)[C@H]2SC1. The summed E-state index contributed by atoms with van der Waals surface area (Å²) in [6.07, 6.45) is 1.31. The van der Waals surface area contributed by atoms with E-state index in [1.54, 1.807) is 20.8 Å². The van der Waals surface area contributed by atoms with Crippen LogP contribution in [0.5, 0.6) is 0 Å². The number of rotatable bonds is 6. The van der Waals surface area contributed by atoms with E-state index in [9.17, 15) is 24.4 Å². The molecule has 1 aromatic heterocycles. The lowest BCUT2D eigenvalue weighted by Crippen LogP contribution is -2.71. The molecule has 2 atom stereocenters. The van der Waals surface area contributed by atoms with Crippen LogP contribution in [-0.4, -0.2) is 68.9 Å². The maximum atomic E-state index is 12.9. The molecule has 172 valence electrons. The molecule has 0 aromatic carbocycles. The van der Waals surface area contributed by atoms with Crippen molar-refractivity contribution < 1.29 is 38.3 Å². The highest BCUT2D eigenvalue weighted by Crippen LogP contribution is 2.41. The maximum Gasteiger partial charge on any atom is 0.355 e. The van der Waals surface area contributed by atoms with E-state index in [1.807, 2.05) is 0 Å². The lowest BCUT2D eigenvalue weighted by Gasteiger charge is -2.49. The average molecular weight is 465 g/mol. The number of amides is 2. The smallest absolute Gasteiger partial charge is 0.355 e. The molecular weight excluding hydrogens is 442 g/mol. The van der Waals surface area contributed by atoms with Crippen molar-refractivity contribution in [1.82, 2.24) is 10.2 Å². The summed E-state index contributed by atoms with van der Waals surface area (Å²) in [4.78, 5) is 50.8. The maximum absolute atomic E-state index is 12.9. The van der Waals surface area contributed by atoms with E-state index in [4.69, 9.17) is 13.9 Å². The molecule has 2 N–H and O–H groups in total. The molecule has 0 spiro atoms. The topological polar surface area (TPSA) is 148 Å². The van der Waals surface area contributed by atoms with Gasteiger partial charge in [0.2, 0.25) is 5.71 Å². The summed E-state index contributed by atoms with van der Waals surface area (Å²) in [5.41, 5.74) is -0.765. The van der Waals surface area contributed by atoms with Gasteiger partial charge < -0.3 is 24.4 Å². The molecule has 1 fully saturated rings. The van der Waals surface area contributed by atoms with Crippen LogP contribution in [0.2, 0.25) is 0 Å². The third-order valence-electron chi connectivity index (χ3n) is 4.45. The normalized spacial score (nSPS) is 20.9. The van der Waals surface area contributed by atoms with E-state index in [0.29, 0.717) is 5.57 Å². The molecule has 1 saturated heterocycles. The standard InChI is InChI=1S/C20H23N3O8S/c1-10(24)30-8-11-9-32-18-14(21-16(25)13(22-28)12-6-5-7-29-12)17(26)23(18)15(11)19(27)31-20(2,3)4/h5-7,14,18,28H,8-9H2,1-4H3,(H,21,25)/t14-,18-/m1/s1. The number of carbonyl (C=O) groups excluding carboxylic acids is 4. The number of ether oxygens (including phenoxy) is 2. The quantitative estimate of drug-likeness (QED) is 0.206. The zero-order valence-electron chi connectivity index (χ0n) is 17.9. The number of furan rings is 1. The summed E-state index contributed by atoms with van der Waals surface area (Å²) in [5.74, 6) is -2.30. The third kappa shape index (κ3) is 4.79. The number of nitrogens with one attached hydrogen (secondary N) is 1. The first kappa shape index (κ1) is 23.4. The number of hydrogen-bond donors (Lipinski definition) is 2. The van der Waals surface area contributed by atoms with E-state index >= 15 is 0 Å². The Hall–Kier alpha value is -3.28. The lowest BCUT2D eigenvalue weighted by molar-refractivity contribution is -0.159. The van der Waals surface area contributed by atoms with E-state index in [0.717, 1.165) is 0 Å². The number of hydrogen-bond acceptors (Lipinski definition) is 10. The van der Waals surface area contributed by atoms with Crippen LogP contribution in [0.3, 0.4) is 0 Å². The van der Waals surface area contributed by atoms with Crippen LogP contribution in [0.25, 0.3) is 0 Å². The Balaban J connectivity index is 1.81. The van der Waals surface area contributed by atoms with E-state index < -0.39 is 40.8 Å². The van der Waals surface area contributed by atoms with Crippen LogP contribution < -0.4 is 5.32 Å². The summed E-state index contributed by atoms with van der Waals surface area (Å²) in [6.45, 7) is 6.16. The Kier molecular flexibility index (Phi) is 6.63. The first-order chi connectivity index (χ1) is 15.0. The summed E-state index contributed by atoms with van der Waals surface area (Å²) in [6, 6.07) is 1.99. The van der Waals surface area contributed by atoms with Gasteiger partial charge in [0.1, 0.15) is 29.3 Å². The number of oxime groups is 1. The second kappa shape index (κ2) is 9.07. The molecule has 2 aliphatic heterocycles. The van der Waals surface area contributed by atoms with E-state index in [-0.39, 0.29) is 29.5 Å². The van der Waals surface area contributed by atoms with Crippen molar-refractivity contribution in [3.05, 3.63) is 35.4 Å². The molecule has 2 aliphatic rings. The molecule has 32 heavy (non-hydrogen) atoms. The fraction of sp³-hybridized carbons (Fsp3) is 0.450. The van der Waals surface area contributed by atoms with Crippen molar-refractivity contribution in [1.29, 1.82) is 0 Å². The van der Waals surface area contributed by atoms with Crippen molar-refractivity contribution in [3.8, 4) is 0 Å². The van der Waals surface area contributed by atoms with Crippen LogP contribution in [0.15, 0.2) is 39.2 Å². The van der Waals surface area contributed by atoms with Gasteiger partial charge in [0.15, 0.2) is 5.76 Å². The fourth-order valence-corrected chi connectivity index (χ4v) is 4.45. The zero-order chi connectivity index (χ0) is 23.6. The number of esters is 2. The Labute approximate surface area is 187 Å². The van der Waals surface area contributed by atoms with Crippen molar-refractivity contribution in [2.75, 3.05) is 12.4 Å². The molecule has 0 bridgehead atoms. The van der Waals surface area contributed by atoms with Crippen molar-refractivity contribution in [2.24, 2.45) is 5.16 Å². The summed E-state index contributed by atoms with van der Waals surface area (Å²) in [5, 5.41) is 14.1. The molecular formula is C20H23N3O8S. The third-order valence-corrected chi connectivity index (χ3v) is 5.79. The minimum absolute atomic E-state index is 0.00232.